The van der Waals surface area contributed by atoms with Gasteiger partial charge in [0.2, 0.25) is 0 Å². The van der Waals surface area contributed by atoms with Crippen LogP contribution in [-0.2, 0) is 22.3 Å². The average Bonchev–Trinajstić information content (AvgIpc) is 2.40. The van der Waals surface area contributed by atoms with Crippen molar-refractivity contribution >= 4 is 11.0 Å². The van der Waals surface area contributed by atoms with Gasteiger partial charge >= 0.3 is 0 Å². The van der Waals surface area contributed by atoms with Crippen molar-refractivity contribution in [2.75, 3.05) is 13.2 Å². The van der Waals surface area contributed by atoms with E-state index in [4.69, 9.17) is 10.5 Å². The zero-order chi connectivity index (χ0) is 12.1. The minimum atomic E-state index is -1.14. The Hall–Kier alpha value is -0.750. The maximum absolute atomic E-state index is 12.0. The van der Waals surface area contributed by atoms with E-state index in [-0.39, 0.29) is 0 Å². The molecule has 2 rings (SSSR count). The second-order valence-electron chi connectivity index (χ2n) is 4.12. The van der Waals surface area contributed by atoms with E-state index in [9.17, 15) is 4.21 Å². The van der Waals surface area contributed by atoms with E-state index in [1.165, 1.54) is 0 Å². The summed E-state index contributed by atoms with van der Waals surface area (Å²) in [6, 6.07) is 7.85. The Labute approximate surface area is 104 Å². The molecule has 4 nitrogen and oxygen atoms in total. The first-order valence-corrected chi connectivity index (χ1v) is 6.99. The molecule has 1 fully saturated rings. The van der Waals surface area contributed by atoms with Gasteiger partial charge in [-0.1, -0.05) is 12.1 Å². The van der Waals surface area contributed by atoms with Gasteiger partial charge in [0.25, 0.3) is 0 Å². The average molecular weight is 254 g/mol. The maximum atomic E-state index is 12.0. The Kier molecular flexibility index (Phi) is 4.67. The first-order valence-electron chi connectivity index (χ1n) is 5.84. The highest BCUT2D eigenvalue weighted by molar-refractivity contribution is 7.83. The monoisotopic (exact) mass is 254 g/mol. The number of hydrogen-bond acceptors (Lipinski definition) is 3. The molecule has 0 amide bonds. The fourth-order valence-electron chi connectivity index (χ4n) is 1.78. The molecule has 1 atom stereocenters. The third-order valence-electron chi connectivity index (χ3n) is 2.87. The van der Waals surface area contributed by atoms with E-state index >= 15 is 0 Å². The molecule has 0 aromatic heterocycles. The normalized spacial score (nSPS) is 19.1. The number of ether oxygens (including phenoxy) is 1. The predicted molar refractivity (Wildman–Crippen MR) is 67.7 cm³/mol. The molecule has 1 aromatic carbocycles. The van der Waals surface area contributed by atoms with Crippen LogP contribution in [-0.4, -0.2) is 23.5 Å². The highest BCUT2D eigenvalue weighted by atomic mass is 32.2. The molecule has 1 aliphatic rings. The number of rotatable bonds is 4. The van der Waals surface area contributed by atoms with Crippen LogP contribution in [0, 0.1) is 0 Å². The second kappa shape index (κ2) is 6.26. The largest absolute Gasteiger partial charge is 0.381 e. The molecule has 0 radical (unpaired) electrons. The molecule has 1 saturated heterocycles. The third-order valence-corrected chi connectivity index (χ3v) is 4.12. The topological polar surface area (TPSA) is 64.4 Å². The van der Waals surface area contributed by atoms with Crippen molar-refractivity contribution in [1.29, 1.82) is 0 Å². The van der Waals surface area contributed by atoms with Crippen LogP contribution >= 0.6 is 0 Å². The molecule has 0 spiro atoms. The van der Waals surface area contributed by atoms with E-state index in [1.54, 1.807) is 0 Å². The molecule has 0 bridgehead atoms. The van der Waals surface area contributed by atoms with Gasteiger partial charge in [-0.25, -0.2) is 8.93 Å². The summed E-state index contributed by atoms with van der Waals surface area (Å²) in [6.07, 6.45) is 1.85. The van der Waals surface area contributed by atoms with Crippen molar-refractivity contribution in [3.63, 3.8) is 0 Å². The second-order valence-corrected chi connectivity index (χ2v) is 5.37. The van der Waals surface area contributed by atoms with E-state index in [0.29, 0.717) is 12.6 Å². The standard InChI is InChI=1S/C12H18N2O2S/c13-9-10-1-3-12(4-2-10)17(15)14-11-5-7-16-8-6-11/h1-4,11,14H,5-9,13H2. The number of hydrogen-bond donors (Lipinski definition) is 2. The van der Waals surface area contributed by atoms with Gasteiger partial charge < -0.3 is 10.5 Å². The molecule has 0 aliphatic carbocycles. The summed E-state index contributed by atoms with van der Waals surface area (Å²) in [4.78, 5) is 0.800. The van der Waals surface area contributed by atoms with Crippen LogP contribution in [0.25, 0.3) is 0 Å². The Morgan fingerprint density at radius 1 is 1.29 bits per heavy atom. The van der Waals surface area contributed by atoms with Gasteiger partial charge in [0.05, 0.1) is 4.90 Å². The molecule has 3 N–H and O–H groups in total. The van der Waals surface area contributed by atoms with Gasteiger partial charge in [-0.2, -0.15) is 0 Å². The van der Waals surface area contributed by atoms with Gasteiger partial charge in [0.15, 0.2) is 0 Å². The molecule has 5 heteroatoms. The van der Waals surface area contributed by atoms with Crippen LogP contribution in [0.4, 0.5) is 0 Å². The van der Waals surface area contributed by atoms with Gasteiger partial charge in [-0.05, 0) is 30.5 Å². The van der Waals surface area contributed by atoms with Gasteiger partial charge in [-0.3, -0.25) is 0 Å². The zero-order valence-corrected chi connectivity index (χ0v) is 10.5. The Bertz CT molecular complexity index is 375. The summed E-state index contributed by atoms with van der Waals surface area (Å²) in [6.45, 7) is 2.02. The summed E-state index contributed by atoms with van der Waals surface area (Å²) in [7, 11) is -1.14. The van der Waals surface area contributed by atoms with Crippen molar-refractivity contribution in [3.05, 3.63) is 29.8 Å². The van der Waals surface area contributed by atoms with Crippen molar-refractivity contribution in [3.8, 4) is 0 Å². The summed E-state index contributed by atoms with van der Waals surface area (Å²) in [5.41, 5.74) is 6.57. The fourth-order valence-corrected chi connectivity index (χ4v) is 2.84. The minimum Gasteiger partial charge on any atom is -0.381 e. The van der Waals surface area contributed by atoms with Gasteiger partial charge in [0, 0.05) is 25.8 Å². The first-order chi connectivity index (χ1) is 8.29. The van der Waals surface area contributed by atoms with Crippen LogP contribution in [0.2, 0.25) is 0 Å². The summed E-state index contributed by atoms with van der Waals surface area (Å²) in [5, 5.41) is 0. The van der Waals surface area contributed by atoms with Crippen molar-refractivity contribution < 1.29 is 8.95 Å². The first kappa shape index (κ1) is 12.7. The smallest absolute Gasteiger partial charge is 0.125 e. The van der Waals surface area contributed by atoms with Crippen LogP contribution in [0.3, 0.4) is 0 Å². The van der Waals surface area contributed by atoms with Crippen LogP contribution in [0.15, 0.2) is 29.2 Å². The van der Waals surface area contributed by atoms with E-state index in [1.807, 2.05) is 24.3 Å². The van der Waals surface area contributed by atoms with Crippen LogP contribution < -0.4 is 10.5 Å². The number of nitrogens with two attached hydrogens (primary N) is 1. The van der Waals surface area contributed by atoms with Gasteiger partial charge in [-0.15, -0.1) is 0 Å². The van der Waals surface area contributed by atoms with E-state index < -0.39 is 11.0 Å². The number of nitrogens with one attached hydrogen (secondary N) is 1. The summed E-state index contributed by atoms with van der Waals surface area (Å²) >= 11 is 0. The highest BCUT2D eigenvalue weighted by Crippen LogP contribution is 2.11. The minimum absolute atomic E-state index is 0.291. The van der Waals surface area contributed by atoms with E-state index in [0.717, 1.165) is 36.5 Å². The zero-order valence-electron chi connectivity index (χ0n) is 9.72. The highest BCUT2D eigenvalue weighted by Gasteiger charge is 2.16. The maximum Gasteiger partial charge on any atom is 0.125 e. The molecule has 1 aliphatic heterocycles. The molecule has 1 unspecified atom stereocenters. The third kappa shape index (κ3) is 3.61. The molecule has 1 aromatic rings. The summed E-state index contributed by atoms with van der Waals surface area (Å²) < 4.78 is 20.4. The van der Waals surface area contributed by atoms with Crippen molar-refractivity contribution in [2.24, 2.45) is 5.73 Å². The van der Waals surface area contributed by atoms with Crippen LogP contribution in [0.5, 0.6) is 0 Å². The quantitative estimate of drug-likeness (QED) is 0.840. The van der Waals surface area contributed by atoms with E-state index in [2.05, 4.69) is 4.72 Å². The lowest BCUT2D eigenvalue weighted by molar-refractivity contribution is 0.0835. The number of benzene rings is 1. The Morgan fingerprint density at radius 3 is 2.53 bits per heavy atom. The predicted octanol–water partition coefficient (Wildman–Crippen LogP) is 0.936. The van der Waals surface area contributed by atoms with Crippen molar-refractivity contribution in [1.82, 2.24) is 4.72 Å². The van der Waals surface area contributed by atoms with Crippen molar-refractivity contribution in [2.45, 2.75) is 30.3 Å². The molecular weight excluding hydrogens is 236 g/mol. The lowest BCUT2D eigenvalue weighted by Crippen LogP contribution is -2.35. The molecule has 1 heterocycles. The Morgan fingerprint density at radius 2 is 1.94 bits per heavy atom. The molecule has 17 heavy (non-hydrogen) atoms. The lowest BCUT2D eigenvalue weighted by Gasteiger charge is -2.22. The fraction of sp³-hybridized carbons (Fsp3) is 0.500. The summed E-state index contributed by atoms with van der Waals surface area (Å²) in [5.74, 6) is 0. The molecule has 0 saturated carbocycles. The molecular formula is C12H18N2O2S. The van der Waals surface area contributed by atoms with Crippen LogP contribution in [0.1, 0.15) is 18.4 Å². The SMILES string of the molecule is NCc1ccc(S(=O)NC2CCOCC2)cc1. The Balaban J connectivity index is 1.93. The van der Waals surface area contributed by atoms with Gasteiger partial charge in [0.1, 0.15) is 11.0 Å². The molecule has 94 valence electrons. The lowest BCUT2D eigenvalue weighted by atomic mass is 10.1.